The van der Waals surface area contributed by atoms with E-state index < -0.39 is 5.82 Å². The van der Waals surface area contributed by atoms with Crippen molar-refractivity contribution in [1.29, 1.82) is 0 Å². The third kappa shape index (κ3) is 7.82. The summed E-state index contributed by atoms with van der Waals surface area (Å²) in [6, 6.07) is 5.59. The molecule has 178 valence electrons. The molecular weight excluding hydrogens is 409 g/mol. The van der Waals surface area contributed by atoms with Crippen LogP contribution in [0, 0.1) is 12.7 Å². The molecule has 2 N–H and O–H groups in total. The first-order valence-corrected chi connectivity index (χ1v) is 11.5. The molecule has 0 unspecified atom stereocenters. The largest absolute Gasteiger partial charge is 0.493 e. The first-order chi connectivity index (χ1) is 15.4. The Labute approximate surface area is 191 Å². The molecule has 0 bridgehead atoms. The minimum Gasteiger partial charge on any atom is -0.493 e. The zero-order chi connectivity index (χ0) is 23.5. The van der Waals surface area contributed by atoms with Gasteiger partial charge in [0, 0.05) is 24.3 Å². The van der Waals surface area contributed by atoms with Crippen LogP contribution in [0.4, 0.5) is 21.8 Å². The van der Waals surface area contributed by atoms with Gasteiger partial charge < -0.3 is 25.0 Å². The van der Waals surface area contributed by atoms with E-state index in [1.54, 1.807) is 14.0 Å². The second-order valence-corrected chi connectivity index (χ2v) is 8.07. The highest BCUT2D eigenvalue weighted by Crippen LogP contribution is 2.31. The highest BCUT2D eigenvalue weighted by atomic mass is 19.1. The Bertz CT molecular complexity index is 847. The van der Waals surface area contributed by atoms with Crippen LogP contribution in [0.15, 0.2) is 18.2 Å². The number of halogens is 1. The summed E-state index contributed by atoms with van der Waals surface area (Å²) in [6.07, 6.45) is 3.36. The molecule has 7 nitrogen and oxygen atoms in total. The summed E-state index contributed by atoms with van der Waals surface area (Å²) < 4.78 is 25.8. The second kappa shape index (κ2) is 13.1. The fourth-order valence-corrected chi connectivity index (χ4v) is 3.26. The van der Waals surface area contributed by atoms with Gasteiger partial charge in [-0.2, -0.15) is 4.98 Å². The molecule has 1 heterocycles. The molecule has 0 radical (unpaired) electrons. The number of aromatic nitrogens is 2. The molecule has 0 aliphatic carbocycles. The van der Waals surface area contributed by atoms with Crippen molar-refractivity contribution < 1.29 is 13.9 Å². The van der Waals surface area contributed by atoms with Crippen molar-refractivity contribution in [3.05, 3.63) is 29.7 Å². The van der Waals surface area contributed by atoms with Crippen LogP contribution in [0.3, 0.4) is 0 Å². The van der Waals surface area contributed by atoms with E-state index in [1.165, 1.54) is 12.8 Å². The normalized spacial score (nSPS) is 11.2. The van der Waals surface area contributed by atoms with Gasteiger partial charge in [0.2, 0.25) is 5.95 Å². The Morgan fingerprint density at radius 1 is 1.09 bits per heavy atom. The molecule has 0 atom stereocenters. The van der Waals surface area contributed by atoms with Gasteiger partial charge in [-0.15, -0.1) is 0 Å². The molecule has 0 spiro atoms. The number of nitrogens with one attached hydrogen (secondary N) is 2. The van der Waals surface area contributed by atoms with Crippen LogP contribution in [0.2, 0.25) is 0 Å². The third-order valence-electron chi connectivity index (χ3n) is 5.01. The molecule has 0 saturated carbocycles. The number of ether oxygens (including phenoxy) is 2. The Balaban J connectivity index is 2.06. The Kier molecular flexibility index (Phi) is 10.5. The number of anilines is 3. The van der Waals surface area contributed by atoms with Gasteiger partial charge in [-0.1, -0.05) is 20.3 Å². The van der Waals surface area contributed by atoms with Crippen LogP contribution in [0.25, 0.3) is 0 Å². The standard InChI is InChI=1S/C24H38FN5O2/c1-7-9-13-30(8-2)14-10-15-32-21-16-19(11-12-20(21)31-6)28-24-27-18(5)22(25)23(29-24)26-17(3)4/h11-12,16-17H,7-10,13-15H2,1-6H3,(H2,26,27,28,29). The number of hydrogen-bond acceptors (Lipinski definition) is 7. The third-order valence-corrected chi connectivity index (χ3v) is 5.01. The maximum atomic E-state index is 14.3. The van der Waals surface area contributed by atoms with Gasteiger partial charge in [0.05, 0.1) is 19.4 Å². The van der Waals surface area contributed by atoms with Crippen LogP contribution >= 0.6 is 0 Å². The highest BCUT2D eigenvalue weighted by Gasteiger charge is 2.14. The van der Waals surface area contributed by atoms with Crippen LogP contribution in [0.1, 0.15) is 52.7 Å². The molecule has 32 heavy (non-hydrogen) atoms. The number of rotatable bonds is 14. The summed E-state index contributed by atoms with van der Waals surface area (Å²) in [5, 5.41) is 6.16. The van der Waals surface area contributed by atoms with Crippen molar-refractivity contribution >= 4 is 17.5 Å². The molecule has 0 fully saturated rings. The van der Waals surface area contributed by atoms with Crippen LogP contribution in [-0.4, -0.2) is 54.3 Å². The zero-order valence-electron chi connectivity index (χ0n) is 20.3. The topological polar surface area (TPSA) is 71.5 Å². The number of benzene rings is 1. The molecule has 2 aromatic rings. The molecule has 0 saturated heterocycles. The van der Waals surface area contributed by atoms with Crippen LogP contribution in [0.5, 0.6) is 11.5 Å². The van der Waals surface area contributed by atoms with E-state index in [1.807, 2.05) is 32.0 Å². The van der Waals surface area contributed by atoms with E-state index in [0.717, 1.165) is 31.7 Å². The van der Waals surface area contributed by atoms with Gasteiger partial charge in [-0.05, 0) is 58.8 Å². The number of unbranched alkanes of at least 4 members (excludes halogenated alkanes) is 1. The minimum atomic E-state index is -0.442. The fourth-order valence-electron chi connectivity index (χ4n) is 3.26. The number of nitrogens with zero attached hydrogens (tertiary/aromatic N) is 3. The minimum absolute atomic E-state index is 0.0539. The lowest BCUT2D eigenvalue weighted by atomic mass is 10.2. The van der Waals surface area contributed by atoms with Crippen molar-refractivity contribution in [2.45, 2.75) is 59.9 Å². The van der Waals surface area contributed by atoms with Crippen LogP contribution in [-0.2, 0) is 0 Å². The van der Waals surface area contributed by atoms with E-state index >= 15 is 0 Å². The summed E-state index contributed by atoms with van der Waals surface area (Å²) in [5.74, 6) is 1.37. The summed E-state index contributed by atoms with van der Waals surface area (Å²) >= 11 is 0. The average Bonchev–Trinajstić information content (AvgIpc) is 2.76. The summed E-state index contributed by atoms with van der Waals surface area (Å²) in [4.78, 5) is 10.9. The number of methoxy groups -OCH3 is 1. The van der Waals surface area contributed by atoms with Crippen molar-refractivity contribution in [3.8, 4) is 11.5 Å². The van der Waals surface area contributed by atoms with Crippen molar-refractivity contribution in [3.63, 3.8) is 0 Å². The summed E-state index contributed by atoms with van der Waals surface area (Å²) in [7, 11) is 1.62. The predicted molar refractivity (Wildman–Crippen MR) is 129 cm³/mol. The lowest BCUT2D eigenvalue weighted by Crippen LogP contribution is -2.26. The molecule has 8 heteroatoms. The van der Waals surface area contributed by atoms with Crippen molar-refractivity contribution in [2.75, 3.05) is 44.0 Å². The quantitative estimate of drug-likeness (QED) is 0.376. The lowest BCUT2D eigenvalue weighted by molar-refractivity contribution is 0.234. The summed E-state index contributed by atoms with van der Waals surface area (Å²) in [6.45, 7) is 13.7. The fraction of sp³-hybridized carbons (Fsp3) is 0.583. The highest BCUT2D eigenvalue weighted by molar-refractivity contribution is 5.61. The Morgan fingerprint density at radius 3 is 2.50 bits per heavy atom. The summed E-state index contributed by atoms with van der Waals surface area (Å²) in [5.41, 5.74) is 1.01. The average molecular weight is 448 g/mol. The molecule has 2 rings (SSSR count). The molecule has 1 aromatic heterocycles. The van der Waals surface area contributed by atoms with E-state index in [-0.39, 0.29) is 17.6 Å². The van der Waals surface area contributed by atoms with Crippen molar-refractivity contribution in [1.82, 2.24) is 14.9 Å². The van der Waals surface area contributed by atoms with Gasteiger partial charge >= 0.3 is 0 Å². The van der Waals surface area contributed by atoms with Gasteiger partial charge in [0.1, 0.15) is 0 Å². The van der Waals surface area contributed by atoms with Crippen molar-refractivity contribution in [2.24, 2.45) is 0 Å². The van der Waals surface area contributed by atoms with Gasteiger partial charge in [-0.25, -0.2) is 9.37 Å². The maximum Gasteiger partial charge on any atom is 0.229 e. The monoisotopic (exact) mass is 447 g/mol. The first kappa shape index (κ1) is 25.6. The Morgan fingerprint density at radius 2 is 1.84 bits per heavy atom. The SMILES string of the molecule is CCCCN(CC)CCCOc1cc(Nc2nc(C)c(F)c(NC(C)C)n2)ccc1OC. The smallest absolute Gasteiger partial charge is 0.229 e. The number of hydrogen-bond donors (Lipinski definition) is 2. The van der Waals surface area contributed by atoms with E-state index in [2.05, 4.69) is 39.3 Å². The molecular formula is C24H38FN5O2. The Hall–Kier alpha value is -2.61. The van der Waals surface area contributed by atoms with Crippen LogP contribution < -0.4 is 20.1 Å². The van der Waals surface area contributed by atoms with E-state index in [4.69, 9.17) is 9.47 Å². The zero-order valence-corrected chi connectivity index (χ0v) is 20.3. The van der Waals surface area contributed by atoms with E-state index in [9.17, 15) is 4.39 Å². The predicted octanol–water partition coefficient (Wildman–Crippen LogP) is 5.39. The van der Waals surface area contributed by atoms with Gasteiger partial charge in [0.15, 0.2) is 23.1 Å². The first-order valence-electron chi connectivity index (χ1n) is 11.5. The van der Waals surface area contributed by atoms with Gasteiger partial charge in [0.25, 0.3) is 0 Å². The molecule has 1 aromatic carbocycles. The molecule has 0 amide bonds. The lowest BCUT2D eigenvalue weighted by Gasteiger charge is -2.20. The maximum absolute atomic E-state index is 14.3. The van der Waals surface area contributed by atoms with E-state index in [0.29, 0.717) is 24.1 Å². The second-order valence-electron chi connectivity index (χ2n) is 8.07. The number of aryl methyl sites for hydroxylation is 1. The molecule has 0 aliphatic heterocycles. The van der Waals surface area contributed by atoms with Gasteiger partial charge in [-0.3, -0.25) is 0 Å². The molecule has 0 aliphatic rings.